The molecule has 80 valence electrons. The Kier molecular flexibility index (Phi) is 3.87. The zero-order chi connectivity index (χ0) is 10.7. The Labute approximate surface area is 107 Å². The van der Waals surface area contributed by atoms with E-state index >= 15 is 0 Å². The summed E-state index contributed by atoms with van der Waals surface area (Å²) in [6, 6.07) is 7.75. The van der Waals surface area contributed by atoms with Crippen molar-refractivity contribution in [2.45, 2.75) is 6.04 Å². The van der Waals surface area contributed by atoms with Crippen LogP contribution in [0.1, 0.15) is 0 Å². The van der Waals surface area contributed by atoms with E-state index in [9.17, 15) is 4.79 Å². The molecule has 0 radical (unpaired) electrons. The van der Waals surface area contributed by atoms with Gasteiger partial charge in [-0.25, -0.2) is 0 Å². The molecule has 1 atom stereocenters. The molecule has 2 rings (SSSR count). The molecule has 15 heavy (non-hydrogen) atoms. The third kappa shape index (κ3) is 3.09. The van der Waals surface area contributed by atoms with Crippen molar-refractivity contribution in [2.75, 3.05) is 16.9 Å². The van der Waals surface area contributed by atoms with Gasteiger partial charge in [0.25, 0.3) is 0 Å². The third-order valence-corrected chi connectivity index (χ3v) is 3.74. The maximum Gasteiger partial charge on any atom is 0.242 e. The number of thioether (sulfide) groups is 1. The van der Waals surface area contributed by atoms with Gasteiger partial charge in [0, 0.05) is 20.9 Å². The Hall–Kier alpha value is -0.270. The lowest BCUT2D eigenvalue weighted by Crippen LogP contribution is -2.37. The fourth-order valence-electron chi connectivity index (χ4n) is 1.36. The molecule has 1 unspecified atom stereocenters. The summed E-state index contributed by atoms with van der Waals surface area (Å²) < 4.78 is 1.12. The number of rotatable bonds is 2. The average Bonchev–Trinajstić information content (AvgIpc) is 2.70. The minimum absolute atomic E-state index is 0.0483. The molecule has 5 heteroatoms. The highest BCUT2D eigenvalue weighted by molar-refractivity contribution is 14.1. The molecular weight excluding hydrogens is 323 g/mol. The zero-order valence-electron chi connectivity index (χ0n) is 8.00. The molecule has 1 amide bonds. The summed E-state index contributed by atoms with van der Waals surface area (Å²) in [6.45, 7) is 0. The number of amides is 1. The van der Waals surface area contributed by atoms with Crippen LogP contribution in [0.15, 0.2) is 24.3 Å². The van der Waals surface area contributed by atoms with Gasteiger partial charge in [-0.15, -0.1) is 11.8 Å². The van der Waals surface area contributed by atoms with Gasteiger partial charge in [-0.3, -0.25) is 10.1 Å². The summed E-state index contributed by atoms with van der Waals surface area (Å²) in [4.78, 5) is 11.7. The average molecular weight is 334 g/mol. The van der Waals surface area contributed by atoms with E-state index in [1.54, 1.807) is 11.8 Å². The van der Waals surface area contributed by atoms with Gasteiger partial charge >= 0.3 is 0 Å². The number of carbonyl (C=O) groups excluding carboxylic acids is 1. The Balaban J connectivity index is 1.99. The molecule has 0 spiro atoms. The molecule has 1 aromatic carbocycles. The van der Waals surface area contributed by atoms with E-state index in [0.29, 0.717) is 0 Å². The molecular formula is C10H11IN2OS. The van der Waals surface area contributed by atoms with Gasteiger partial charge in [0.1, 0.15) is 0 Å². The van der Waals surface area contributed by atoms with Crippen molar-refractivity contribution in [1.29, 1.82) is 0 Å². The predicted molar refractivity (Wildman–Crippen MR) is 72.0 cm³/mol. The van der Waals surface area contributed by atoms with Crippen LogP contribution in [0.5, 0.6) is 0 Å². The quantitative estimate of drug-likeness (QED) is 0.812. The number of carbonyl (C=O) groups is 1. The molecule has 1 aliphatic rings. The number of halogens is 1. The topological polar surface area (TPSA) is 41.1 Å². The Bertz CT molecular complexity index is 366. The monoisotopic (exact) mass is 334 g/mol. The smallest absolute Gasteiger partial charge is 0.242 e. The Morgan fingerprint density at radius 1 is 1.60 bits per heavy atom. The highest BCUT2D eigenvalue weighted by Crippen LogP contribution is 2.15. The molecule has 0 bridgehead atoms. The zero-order valence-corrected chi connectivity index (χ0v) is 11.0. The fourth-order valence-corrected chi connectivity index (χ4v) is 2.84. The number of hydrogen-bond acceptors (Lipinski definition) is 3. The molecule has 3 nitrogen and oxygen atoms in total. The Morgan fingerprint density at radius 2 is 2.47 bits per heavy atom. The number of anilines is 1. The van der Waals surface area contributed by atoms with E-state index in [2.05, 4.69) is 33.2 Å². The summed E-state index contributed by atoms with van der Waals surface area (Å²) in [6.07, 6.45) is 0. The van der Waals surface area contributed by atoms with Crippen molar-refractivity contribution in [3.63, 3.8) is 0 Å². The molecule has 0 aromatic heterocycles. The maximum absolute atomic E-state index is 11.7. The van der Waals surface area contributed by atoms with Crippen LogP contribution in [0.3, 0.4) is 0 Å². The van der Waals surface area contributed by atoms with E-state index in [4.69, 9.17) is 0 Å². The molecule has 0 aliphatic carbocycles. The second-order valence-electron chi connectivity index (χ2n) is 3.27. The van der Waals surface area contributed by atoms with Crippen LogP contribution in [0.4, 0.5) is 5.69 Å². The van der Waals surface area contributed by atoms with Gasteiger partial charge in [0.05, 0.1) is 6.04 Å². The first-order chi connectivity index (χ1) is 7.25. The van der Waals surface area contributed by atoms with Gasteiger partial charge in [0.2, 0.25) is 5.91 Å². The SMILES string of the molecule is O=C(Nc1cccc(I)c1)C1CSCN1. The maximum atomic E-state index is 11.7. The fraction of sp³-hybridized carbons (Fsp3) is 0.300. The van der Waals surface area contributed by atoms with E-state index in [1.165, 1.54) is 0 Å². The van der Waals surface area contributed by atoms with Crippen molar-refractivity contribution >= 4 is 45.9 Å². The third-order valence-electron chi connectivity index (χ3n) is 2.12. The second-order valence-corrected chi connectivity index (χ2v) is 5.55. The lowest BCUT2D eigenvalue weighted by molar-refractivity contribution is -0.117. The largest absolute Gasteiger partial charge is 0.325 e. The van der Waals surface area contributed by atoms with Crippen molar-refractivity contribution in [2.24, 2.45) is 0 Å². The molecule has 1 heterocycles. The van der Waals surface area contributed by atoms with Crippen LogP contribution in [0, 0.1) is 3.57 Å². The second kappa shape index (κ2) is 5.18. The summed E-state index contributed by atoms with van der Waals surface area (Å²) in [7, 11) is 0. The van der Waals surface area contributed by atoms with Gasteiger partial charge < -0.3 is 5.32 Å². The number of nitrogens with one attached hydrogen (secondary N) is 2. The normalized spacial score (nSPS) is 20.2. The van der Waals surface area contributed by atoms with Crippen molar-refractivity contribution < 1.29 is 4.79 Å². The minimum Gasteiger partial charge on any atom is -0.325 e. The first kappa shape index (κ1) is 11.2. The molecule has 2 N–H and O–H groups in total. The van der Waals surface area contributed by atoms with Gasteiger partial charge in [-0.05, 0) is 40.8 Å². The van der Waals surface area contributed by atoms with Gasteiger partial charge in [0.15, 0.2) is 0 Å². The van der Waals surface area contributed by atoms with Crippen LogP contribution in [-0.4, -0.2) is 23.6 Å². The molecule has 1 saturated heterocycles. The predicted octanol–water partition coefficient (Wildman–Crippen LogP) is 1.89. The van der Waals surface area contributed by atoms with Crippen LogP contribution >= 0.6 is 34.4 Å². The first-order valence-corrected chi connectivity index (χ1v) is 6.86. The molecule has 1 fully saturated rings. The van der Waals surface area contributed by atoms with E-state index in [0.717, 1.165) is 20.9 Å². The van der Waals surface area contributed by atoms with Crippen LogP contribution in [-0.2, 0) is 4.79 Å². The van der Waals surface area contributed by atoms with Crippen molar-refractivity contribution in [1.82, 2.24) is 5.32 Å². The van der Waals surface area contributed by atoms with E-state index < -0.39 is 0 Å². The van der Waals surface area contributed by atoms with E-state index in [-0.39, 0.29) is 11.9 Å². The van der Waals surface area contributed by atoms with Crippen molar-refractivity contribution in [3.8, 4) is 0 Å². The Morgan fingerprint density at radius 3 is 3.13 bits per heavy atom. The summed E-state index contributed by atoms with van der Waals surface area (Å²) in [5.74, 6) is 1.78. The van der Waals surface area contributed by atoms with Gasteiger partial charge in [-0.2, -0.15) is 0 Å². The van der Waals surface area contributed by atoms with Crippen LogP contribution in [0.2, 0.25) is 0 Å². The molecule has 1 aromatic rings. The minimum atomic E-state index is -0.0483. The standard InChI is InChI=1S/C10H11IN2OS/c11-7-2-1-3-8(4-7)13-10(14)9-5-15-6-12-9/h1-4,9,12H,5-6H2,(H,13,14). The summed E-state index contributed by atoms with van der Waals surface area (Å²) in [5.41, 5.74) is 0.866. The highest BCUT2D eigenvalue weighted by Gasteiger charge is 2.22. The first-order valence-electron chi connectivity index (χ1n) is 4.63. The molecule has 0 saturated carbocycles. The van der Waals surface area contributed by atoms with Crippen LogP contribution < -0.4 is 10.6 Å². The van der Waals surface area contributed by atoms with Crippen LogP contribution in [0.25, 0.3) is 0 Å². The number of benzene rings is 1. The van der Waals surface area contributed by atoms with Gasteiger partial charge in [-0.1, -0.05) is 6.07 Å². The molecule has 1 aliphatic heterocycles. The summed E-state index contributed by atoms with van der Waals surface area (Å²) in [5, 5.41) is 6.05. The lowest BCUT2D eigenvalue weighted by Gasteiger charge is -2.10. The van der Waals surface area contributed by atoms with Crippen molar-refractivity contribution in [3.05, 3.63) is 27.8 Å². The van der Waals surface area contributed by atoms with E-state index in [1.807, 2.05) is 24.3 Å². The lowest BCUT2D eigenvalue weighted by atomic mass is 10.3. The number of hydrogen-bond donors (Lipinski definition) is 2. The summed E-state index contributed by atoms with van der Waals surface area (Å²) >= 11 is 3.98. The highest BCUT2D eigenvalue weighted by atomic mass is 127.